The lowest BCUT2D eigenvalue weighted by Crippen LogP contribution is -2.64. The zero-order valence-electron chi connectivity index (χ0n) is 35.2. The number of rotatable bonds is 15. The monoisotopic (exact) mass is 959 g/mol. The Morgan fingerprint density at radius 1 is 0.647 bits per heavy atom. The molecule has 366 valence electrons. The highest BCUT2D eigenvalue weighted by Crippen LogP contribution is 2.42. The number of carbonyl (C=O) groups excluding carboxylic acids is 2. The van der Waals surface area contributed by atoms with Gasteiger partial charge in [0.1, 0.15) is 109 Å². The van der Waals surface area contributed by atoms with Gasteiger partial charge in [0.05, 0.1) is 18.2 Å². The van der Waals surface area contributed by atoms with Gasteiger partial charge in [-0.05, 0) is 48.0 Å². The van der Waals surface area contributed by atoms with Crippen LogP contribution in [0.15, 0.2) is 77.2 Å². The standard InChI is InChI=1S/C44H46O24/c45-20-6-1-18(2-7-20)3-10-31(51)60-16-29-35(55)37(57)41(68-42-38(58)33(53)24(48)15-62-42)44(67-29)65-27-13-23-25(63-40(27)19-4-8-21(46)9-5-19)11-22(47)12-26(23)64-43-39(59)36(56)34(54)28(66-43)17-61-32(52)14-30(49)50/h1-13,24,28-29,33-39,41-44,48,53-59H,14-17H2,(H3-,45,46,47,49,50,51)/p+1/t24-,28?,29?,33?,34-,35-,36+,37?,38-,39?,41?,42+,43-,44-/m1/s1. The van der Waals surface area contributed by atoms with Crippen molar-refractivity contribution in [2.24, 2.45) is 0 Å². The summed E-state index contributed by atoms with van der Waals surface area (Å²) in [6.07, 6.45) is -24.1. The normalized spacial score (nSPS) is 30.7. The van der Waals surface area contributed by atoms with E-state index in [1.807, 2.05) is 0 Å². The van der Waals surface area contributed by atoms with E-state index in [4.69, 9.17) is 47.4 Å². The number of benzene rings is 3. The number of phenolic OH excluding ortho intramolecular Hbond substituents is 3. The number of ether oxygens (including phenoxy) is 8. The summed E-state index contributed by atoms with van der Waals surface area (Å²) in [6.45, 7) is -2.02. The van der Waals surface area contributed by atoms with Gasteiger partial charge in [-0.15, -0.1) is 0 Å². The third kappa shape index (κ3) is 11.5. The van der Waals surface area contributed by atoms with E-state index in [-0.39, 0.29) is 45.3 Å². The number of phenols is 3. The molecule has 7 rings (SSSR count). The van der Waals surface area contributed by atoms with Crippen LogP contribution in [-0.4, -0.2) is 185 Å². The fourth-order valence-corrected chi connectivity index (χ4v) is 7.22. The number of esters is 2. The number of carboxylic acids is 1. The lowest BCUT2D eigenvalue weighted by molar-refractivity contribution is -0.345. The minimum absolute atomic E-state index is 0.00495. The lowest BCUT2D eigenvalue weighted by atomic mass is 9.98. The van der Waals surface area contributed by atoms with Crippen LogP contribution in [0.2, 0.25) is 0 Å². The van der Waals surface area contributed by atoms with Gasteiger partial charge in [-0.3, -0.25) is 9.59 Å². The molecule has 0 bridgehead atoms. The second-order valence-electron chi connectivity index (χ2n) is 15.8. The smallest absolute Gasteiger partial charge is 0.402 e. The summed E-state index contributed by atoms with van der Waals surface area (Å²) in [5.74, 6) is -5.08. The number of carboxylic acid groups (broad SMARTS) is 1. The molecular weight excluding hydrogens is 912 g/mol. The predicted molar refractivity (Wildman–Crippen MR) is 222 cm³/mol. The molecule has 1 aromatic heterocycles. The zero-order valence-corrected chi connectivity index (χ0v) is 35.2. The third-order valence-corrected chi connectivity index (χ3v) is 10.9. The third-order valence-electron chi connectivity index (χ3n) is 10.9. The van der Waals surface area contributed by atoms with Crippen LogP contribution < -0.4 is 9.47 Å². The number of aliphatic carboxylic acids is 1. The van der Waals surface area contributed by atoms with Crippen molar-refractivity contribution in [1.82, 2.24) is 0 Å². The maximum absolute atomic E-state index is 12.8. The van der Waals surface area contributed by atoms with E-state index in [2.05, 4.69) is 0 Å². The molecule has 4 heterocycles. The maximum atomic E-state index is 12.8. The number of hydrogen-bond donors (Lipinski definition) is 12. The minimum atomic E-state index is -2.00. The molecule has 24 heteroatoms. The van der Waals surface area contributed by atoms with E-state index < -0.39 is 136 Å². The van der Waals surface area contributed by atoms with E-state index in [0.29, 0.717) is 5.56 Å². The molecule has 3 fully saturated rings. The Morgan fingerprint density at radius 3 is 1.93 bits per heavy atom. The quantitative estimate of drug-likeness (QED) is 0.0282. The van der Waals surface area contributed by atoms with Crippen LogP contribution in [-0.2, 0) is 42.8 Å². The van der Waals surface area contributed by atoms with Crippen molar-refractivity contribution in [3.63, 3.8) is 0 Å². The van der Waals surface area contributed by atoms with Crippen LogP contribution in [0.1, 0.15) is 12.0 Å². The minimum Gasteiger partial charge on any atom is -0.508 e. The van der Waals surface area contributed by atoms with Gasteiger partial charge in [0.15, 0.2) is 12.4 Å². The highest BCUT2D eigenvalue weighted by atomic mass is 16.8. The van der Waals surface area contributed by atoms with Gasteiger partial charge in [0.2, 0.25) is 18.3 Å². The van der Waals surface area contributed by atoms with Crippen LogP contribution in [0.25, 0.3) is 28.4 Å². The van der Waals surface area contributed by atoms with Gasteiger partial charge in [0, 0.05) is 18.2 Å². The average Bonchev–Trinajstić information content (AvgIpc) is 3.30. The molecule has 6 unspecified atom stereocenters. The Hall–Kier alpha value is -6.26. The summed E-state index contributed by atoms with van der Waals surface area (Å²) in [5, 5.41) is 126. The summed E-state index contributed by atoms with van der Waals surface area (Å²) < 4.78 is 51.7. The average molecular weight is 960 g/mol. The van der Waals surface area contributed by atoms with Gasteiger partial charge in [-0.2, -0.15) is 0 Å². The Kier molecular flexibility index (Phi) is 15.6. The number of carbonyl (C=O) groups is 3. The van der Waals surface area contributed by atoms with Gasteiger partial charge in [-0.1, -0.05) is 12.1 Å². The highest BCUT2D eigenvalue weighted by Gasteiger charge is 2.51. The van der Waals surface area contributed by atoms with E-state index in [0.717, 1.165) is 18.2 Å². The zero-order chi connectivity index (χ0) is 49.0. The van der Waals surface area contributed by atoms with E-state index in [1.54, 1.807) is 0 Å². The summed E-state index contributed by atoms with van der Waals surface area (Å²) in [6, 6.07) is 14.6. The number of fused-ring (bicyclic) bond motifs is 1. The van der Waals surface area contributed by atoms with Crippen molar-refractivity contribution in [3.05, 3.63) is 78.4 Å². The molecule has 14 atom stereocenters. The van der Waals surface area contributed by atoms with Crippen LogP contribution in [0.5, 0.6) is 28.7 Å². The molecular formula is C44H47O24+. The molecule has 0 spiro atoms. The summed E-state index contributed by atoms with van der Waals surface area (Å²) in [4.78, 5) is 35.6. The molecule has 4 aromatic rings. The molecule has 0 radical (unpaired) electrons. The molecule has 3 saturated heterocycles. The van der Waals surface area contributed by atoms with Gasteiger partial charge in [-0.25, -0.2) is 9.21 Å². The first-order chi connectivity index (χ1) is 32.4. The summed E-state index contributed by atoms with van der Waals surface area (Å²) in [7, 11) is 0. The fourth-order valence-electron chi connectivity index (χ4n) is 7.22. The Bertz CT molecular complexity index is 2430. The highest BCUT2D eigenvalue weighted by molar-refractivity contribution is 5.90. The Labute approximate surface area is 383 Å². The number of hydrogen-bond acceptors (Lipinski definition) is 22. The second kappa shape index (κ2) is 21.4. The molecule has 12 N–H and O–H groups in total. The maximum Gasteiger partial charge on any atom is 0.402 e. The predicted octanol–water partition coefficient (Wildman–Crippen LogP) is -1.39. The van der Waals surface area contributed by atoms with Crippen LogP contribution in [0.4, 0.5) is 0 Å². The number of aromatic hydroxyl groups is 3. The van der Waals surface area contributed by atoms with Gasteiger partial charge in [0.25, 0.3) is 0 Å². The van der Waals surface area contributed by atoms with Crippen molar-refractivity contribution in [1.29, 1.82) is 0 Å². The van der Waals surface area contributed by atoms with Gasteiger partial charge >= 0.3 is 29.3 Å². The largest absolute Gasteiger partial charge is 0.508 e. The molecule has 24 nitrogen and oxygen atoms in total. The van der Waals surface area contributed by atoms with Crippen molar-refractivity contribution >= 4 is 35.0 Å². The topological polar surface area (TPSA) is 379 Å². The van der Waals surface area contributed by atoms with Crippen molar-refractivity contribution in [2.45, 2.75) is 92.4 Å². The van der Waals surface area contributed by atoms with Crippen LogP contribution >= 0.6 is 0 Å². The van der Waals surface area contributed by atoms with E-state index in [1.165, 1.54) is 60.7 Å². The Morgan fingerprint density at radius 2 is 1.25 bits per heavy atom. The van der Waals surface area contributed by atoms with Crippen LogP contribution in [0.3, 0.4) is 0 Å². The lowest BCUT2D eigenvalue weighted by Gasteiger charge is -2.44. The number of aliphatic hydroxyl groups excluding tert-OH is 8. The van der Waals surface area contributed by atoms with Gasteiger partial charge < -0.3 is 99.2 Å². The van der Waals surface area contributed by atoms with E-state index >= 15 is 0 Å². The fraction of sp³-hybridized carbons (Fsp3) is 0.409. The van der Waals surface area contributed by atoms with Crippen molar-refractivity contribution in [3.8, 4) is 40.1 Å². The summed E-state index contributed by atoms with van der Waals surface area (Å²) in [5.41, 5.74) is 0.582. The first kappa shape index (κ1) is 49.6. The van der Waals surface area contributed by atoms with Crippen molar-refractivity contribution in [2.75, 3.05) is 19.8 Å². The molecule has 0 aliphatic carbocycles. The SMILES string of the molecule is O=C(O)CC(=O)OCC1O[C@@H](Oc2cc(O)cc3[o+]c(-c4ccc(O)cc4)c(O[C@@H]4OC(COC(=O)/C=C/c5ccc(O)cc5)[C@@H](O)C(O)C4O[C@@H]4OC[C@@H](O)C(O)[C@H]4O)cc23)C(O)[C@@H](O)[C@@H]1O. The first-order valence-electron chi connectivity index (χ1n) is 20.7. The van der Waals surface area contributed by atoms with Crippen LogP contribution in [0, 0.1) is 0 Å². The molecule has 3 aliphatic heterocycles. The first-order valence-corrected chi connectivity index (χ1v) is 20.7. The summed E-state index contributed by atoms with van der Waals surface area (Å²) >= 11 is 0. The molecule has 68 heavy (non-hydrogen) atoms. The second-order valence-corrected chi connectivity index (χ2v) is 15.8. The molecule has 0 amide bonds. The van der Waals surface area contributed by atoms with Crippen molar-refractivity contribution < 1.29 is 118 Å². The molecule has 3 aromatic carbocycles. The molecule has 3 aliphatic rings. The molecule has 0 saturated carbocycles. The Balaban J connectivity index is 1.23. The van der Waals surface area contributed by atoms with E-state index in [9.17, 15) is 70.6 Å². The number of aliphatic hydroxyl groups is 8.